The first-order chi connectivity index (χ1) is 7.51. The van der Waals surface area contributed by atoms with Gasteiger partial charge in [-0.1, -0.05) is 47.5 Å². The summed E-state index contributed by atoms with van der Waals surface area (Å²) in [5, 5.41) is 0. The van der Waals surface area contributed by atoms with Crippen molar-refractivity contribution < 1.29 is 4.43 Å². The van der Waals surface area contributed by atoms with E-state index in [0.29, 0.717) is 0 Å². The van der Waals surface area contributed by atoms with Crippen LogP contribution in [0.4, 0.5) is 0 Å². The largest absolute Gasteiger partial charge is 0.412 e. The van der Waals surface area contributed by atoms with Gasteiger partial charge in [-0.15, -0.1) is 0 Å². The van der Waals surface area contributed by atoms with Crippen molar-refractivity contribution in [3.05, 3.63) is 0 Å². The molecule has 0 N–H and O–H groups in total. The molecule has 98 valence electrons. The van der Waals surface area contributed by atoms with Crippen LogP contribution in [0.3, 0.4) is 0 Å². The molecule has 0 heterocycles. The molecule has 0 aliphatic carbocycles. The maximum absolute atomic E-state index is 6.66. The van der Waals surface area contributed by atoms with Crippen LogP contribution in [0.25, 0.3) is 0 Å². The quantitative estimate of drug-likeness (QED) is 0.496. The summed E-state index contributed by atoms with van der Waals surface area (Å²) < 4.78 is 6.66. The van der Waals surface area contributed by atoms with Crippen molar-refractivity contribution in [1.82, 2.24) is 0 Å². The average Bonchev–Trinajstić information content (AvgIpc) is 2.34. The van der Waals surface area contributed by atoms with E-state index in [0.717, 1.165) is 6.42 Å². The molecule has 0 bridgehead atoms. The lowest BCUT2D eigenvalue weighted by molar-refractivity contribution is 0.0596. The van der Waals surface area contributed by atoms with E-state index in [9.17, 15) is 0 Å². The Labute approximate surface area is 104 Å². The molecular weight excluding hydrogens is 212 g/mol. The van der Waals surface area contributed by atoms with Crippen LogP contribution >= 0.6 is 0 Å². The molecule has 0 fully saturated rings. The van der Waals surface area contributed by atoms with Gasteiger partial charge >= 0.3 is 0 Å². The van der Waals surface area contributed by atoms with Crippen molar-refractivity contribution in [3.63, 3.8) is 0 Å². The maximum Gasteiger partial charge on any atom is 0.192 e. The summed E-state index contributed by atoms with van der Waals surface area (Å²) in [4.78, 5) is 0. The fraction of sp³-hybridized carbons (Fsp3) is 1.00. The molecule has 0 aromatic carbocycles. The fourth-order valence-electron chi connectivity index (χ4n) is 2.34. The van der Waals surface area contributed by atoms with Crippen LogP contribution in [0.5, 0.6) is 0 Å². The molecular formula is C14H32OSi. The topological polar surface area (TPSA) is 9.23 Å². The highest BCUT2D eigenvalue weighted by atomic mass is 28.4. The van der Waals surface area contributed by atoms with E-state index in [1.807, 2.05) is 0 Å². The molecule has 0 aliphatic heterocycles. The van der Waals surface area contributed by atoms with Crippen LogP contribution in [0.2, 0.25) is 18.1 Å². The second-order valence-corrected chi connectivity index (χ2v) is 9.94. The fourth-order valence-corrected chi connectivity index (χ4v) is 5.56. The normalized spacial score (nSPS) is 16.1. The zero-order valence-corrected chi connectivity index (χ0v) is 13.4. The third-order valence-electron chi connectivity index (χ3n) is 4.20. The first-order valence-corrected chi connectivity index (χ1v) is 9.74. The molecule has 0 aliphatic rings. The van der Waals surface area contributed by atoms with E-state index in [-0.39, 0.29) is 5.60 Å². The lowest BCUT2D eigenvalue weighted by Crippen LogP contribution is -2.45. The van der Waals surface area contributed by atoms with Gasteiger partial charge in [0.2, 0.25) is 0 Å². The summed E-state index contributed by atoms with van der Waals surface area (Å²) in [6, 6.07) is 3.80. The number of hydrogen-bond donors (Lipinski definition) is 0. The summed E-state index contributed by atoms with van der Waals surface area (Å²) in [6.07, 6.45) is 4.96. The van der Waals surface area contributed by atoms with Gasteiger partial charge in [0.1, 0.15) is 0 Å². The van der Waals surface area contributed by atoms with E-state index < -0.39 is 8.32 Å². The molecule has 16 heavy (non-hydrogen) atoms. The summed E-state index contributed by atoms with van der Waals surface area (Å²) in [6.45, 7) is 13.8. The second-order valence-electron chi connectivity index (χ2n) is 5.25. The minimum atomic E-state index is -1.42. The Morgan fingerprint density at radius 1 is 0.938 bits per heavy atom. The van der Waals surface area contributed by atoms with Gasteiger partial charge in [0, 0.05) is 0 Å². The molecule has 0 saturated carbocycles. The minimum absolute atomic E-state index is 0.143. The molecule has 1 nitrogen and oxygen atoms in total. The van der Waals surface area contributed by atoms with E-state index in [4.69, 9.17) is 4.43 Å². The Morgan fingerprint density at radius 2 is 1.44 bits per heavy atom. The molecule has 0 spiro atoms. The average molecular weight is 244 g/mol. The van der Waals surface area contributed by atoms with Crippen LogP contribution < -0.4 is 0 Å². The van der Waals surface area contributed by atoms with Gasteiger partial charge in [0.15, 0.2) is 8.32 Å². The smallest absolute Gasteiger partial charge is 0.192 e. The minimum Gasteiger partial charge on any atom is -0.412 e. The van der Waals surface area contributed by atoms with Crippen LogP contribution in [0, 0.1) is 0 Å². The summed E-state index contributed by atoms with van der Waals surface area (Å²) >= 11 is 0. The Bertz CT molecular complexity index is 169. The zero-order chi connectivity index (χ0) is 12.7. The van der Waals surface area contributed by atoms with Gasteiger partial charge in [-0.3, -0.25) is 0 Å². The van der Waals surface area contributed by atoms with Gasteiger partial charge in [-0.2, -0.15) is 0 Å². The van der Waals surface area contributed by atoms with Gasteiger partial charge in [-0.25, -0.2) is 0 Å². The molecule has 0 aromatic rings. The van der Waals surface area contributed by atoms with E-state index >= 15 is 0 Å². The van der Waals surface area contributed by atoms with Crippen LogP contribution in [0.1, 0.15) is 67.2 Å². The number of hydrogen-bond acceptors (Lipinski definition) is 1. The van der Waals surface area contributed by atoms with Gasteiger partial charge < -0.3 is 4.43 Å². The SMILES string of the molecule is CCCCC(C)(CC)O[Si](CC)(CC)CC. The van der Waals surface area contributed by atoms with E-state index in [1.54, 1.807) is 0 Å². The highest BCUT2D eigenvalue weighted by Crippen LogP contribution is 2.32. The molecule has 0 aromatic heterocycles. The van der Waals surface area contributed by atoms with Gasteiger partial charge in [-0.05, 0) is 37.9 Å². The lowest BCUT2D eigenvalue weighted by atomic mass is 9.97. The summed E-state index contributed by atoms with van der Waals surface area (Å²) in [7, 11) is -1.42. The highest BCUT2D eigenvalue weighted by Gasteiger charge is 2.36. The van der Waals surface area contributed by atoms with Crippen molar-refractivity contribution in [2.45, 2.75) is 91.0 Å². The van der Waals surface area contributed by atoms with Crippen molar-refractivity contribution in [1.29, 1.82) is 0 Å². The summed E-state index contributed by atoms with van der Waals surface area (Å²) in [5.41, 5.74) is 0.143. The zero-order valence-electron chi connectivity index (χ0n) is 12.4. The Morgan fingerprint density at radius 3 is 1.75 bits per heavy atom. The molecule has 0 saturated heterocycles. The van der Waals surface area contributed by atoms with Crippen molar-refractivity contribution in [3.8, 4) is 0 Å². The molecule has 2 heteroatoms. The third-order valence-corrected chi connectivity index (χ3v) is 8.99. The Balaban J connectivity index is 4.58. The second kappa shape index (κ2) is 7.49. The Hall–Kier alpha value is 0.177. The van der Waals surface area contributed by atoms with Crippen LogP contribution in [-0.2, 0) is 4.43 Å². The van der Waals surface area contributed by atoms with Crippen molar-refractivity contribution >= 4 is 8.32 Å². The molecule has 0 rings (SSSR count). The molecule has 1 atom stereocenters. The highest BCUT2D eigenvalue weighted by molar-refractivity contribution is 6.73. The molecule has 0 radical (unpaired) electrons. The monoisotopic (exact) mass is 244 g/mol. The number of unbranched alkanes of at least 4 members (excludes halogenated alkanes) is 1. The first-order valence-electron chi connectivity index (χ1n) is 7.21. The standard InChI is InChI=1S/C14H32OSi/c1-7-12-13-14(6,8-2)15-16(9-3,10-4)11-5/h7-13H2,1-6H3. The van der Waals surface area contributed by atoms with Crippen LogP contribution in [-0.4, -0.2) is 13.9 Å². The predicted molar refractivity (Wildman–Crippen MR) is 76.5 cm³/mol. The Kier molecular flexibility index (Phi) is 7.58. The maximum atomic E-state index is 6.66. The van der Waals surface area contributed by atoms with Gasteiger partial charge in [0.05, 0.1) is 5.60 Å². The molecule has 0 amide bonds. The van der Waals surface area contributed by atoms with E-state index in [2.05, 4.69) is 41.5 Å². The summed E-state index contributed by atoms with van der Waals surface area (Å²) in [5.74, 6) is 0. The molecule has 1 unspecified atom stereocenters. The first kappa shape index (κ1) is 16.2. The third kappa shape index (κ3) is 4.58. The number of rotatable bonds is 9. The van der Waals surface area contributed by atoms with E-state index in [1.165, 1.54) is 37.4 Å². The lowest BCUT2D eigenvalue weighted by Gasteiger charge is -2.40. The van der Waals surface area contributed by atoms with Gasteiger partial charge in [0.25, 0.3) is 0 Å². The van der Waals surface area contributed by atoms with Crippen LogP contribution in [0.15, 0.2) is 0 Å². The van der Waals surface area contributed by atoms with Crippen molar-refractivity contribution in [2.75, 3.05) is 0 Å². The predicted octanol–water partition coefficient (Wildman–Crippen LogP) is 5.37. The van der Waals surface area contributed by atoms with Crippen molar-refractivity contribution in [2.24, 2.45) is 0 Å².